The first-order valence-electron chi connectivity index (χ1n) is 10.6. The molecule has 0 radical (unpaired) electrons. The topological polar surface area (TPSA) is 42.4 Å². The maximum absolute atomic E-state index is 12.9. The predicted octanol–water partition coefficient (Wildman–Crippen LogP) is 5.12. The average molecular weight is 389 g/mol. The van der Waals surface area contributed by atoms with Crippen molar-refractivity contribution in [1.29, 1.82) is 0 Å². The molecule has 0 bridgehead atoms. The van der Waals surface area contributed by atoms with Crippen LogP contribution in [0.1, 0.15) is 42.2 Å². The predicted molar refractivity (Wildman–Crippen MR) is 116 cm³/mol. The Morgan fingerprint density at radius 3 is 2.55 bits per heavy atom. The number of piperidine rings is 1. The van der Waals surface area contributed by atoms with E-state index in [1.807, 2.05) is 48.2 Å². The maximum Gasteiger partial charge on any atom is 0.272 e. The van der Waals surface area contributed by atoms with Gasteiger partial charge in [-0.25, -0.2) is 4.98 Å². The quantitative estimate of drug-likeness (QED) is 0.589. The second-order valence-electron chi connectivity index (χ2n) is 7.74. The number of para-hydroxylation sites is 1. The largest absolute Gasteiger partial charge is 0.494 e. The highest BCUT2D eigenvalue weighted by atomic mass is 16.5. The number of amides is 1. The summed E-state index contributed by atoms with van der Waals surface area (Å²) in [6, 6.07) is 20.2. The fourth-order valence-corrected chi connectivity index (χ4v) is 4.06. The number of likely N-dealkylation sites (tertiary alicyclic amines) is 1. The molecule has 1 fully saturated rings. The second kappa shape index (κ2) is 9.08. The summed E-state index contributed by atoms with van der Waals surface area (Å²) in [5.74, 6) is 1.67. The molecule has 0 saturated carbocycles. The normalized spacial score (nSPS) is 14.9. The van der Waals surface area contributed by atoms with E-state index < -0.39 is 0 Å². The third-order valence-corrected chi connectivity index (χ3v) is 5.79. The molecule has 2 heterocycles. The summed E-state index contributed by atoms with van der Waals surface area (Å²) in [5, 5.41) is 1.07. The molecule has 1 aliphatic heterocycles. The third kappa shape index (κ3) is 4.76. The van der Waals surface area contributed by atoms with Gasteiger partial charge >= 0.3 is 0 Å². The molecule has 0 atom stereocenters. The van der Waals surface area contributed by atoms with Gasteiger partial charge in [-0.05, 0) is 68.4 Å². The number of aryl methyl sites for hydroxylation is 1. The molecule has 3 aromatic rings. The first-order chi connectivity index (χ1) is 14.2. The number of carbonyl (C=O) groups excluding carboxylic acids is 1. The molecule has 4 heteroatoms. The van der Waals surface area contributed by atoms with Gasteiger partial charge in [0, 0.05) is 18.5 Å². The Morgan fingerprint density at radius 2 is 1.79 bits per heavy atom. The lowest BCUT2D eigenvalue weighted by atomic mass is 9.90. The standard InChI is InChI=1S/C25H28N2O2/c1-2-29-22-12-9-19(10-13-22)7-8-20-15-17-27(18-16-20)25(28)24-14-11-21-5-3-4-6-23(21)26-24/h3-6,9-14,20H,2,7-8,15-18H2,1H3. The number of nitrogens with zero attached hydrogens (tertiary/aromatic N) is 2. The number of aromatic nitrogens is 1. The molecule has 0 aliphatic carbocycles. The van der Waals surface area contributed by atoms with Crippen LogP contribution in [-0.4, -0.2) is 35.5 Å². The lowest BCUT2D eigenvalue weighted by Crippen LogP contribution is -2.38. The van der Waals surface area contributed by atoms with Crippen molar-refractivity contribution in [2.45, 2.75) is 32.6 Å². The number of benzene rings is 2. The molecule has 4 nitrogen and oxygen atoms in total. The summed E-state index contributed by atoms with van der Waals surface area (Å²) < 4.78 is 5.51. The smallest absolute Gasteiger partial charge is 0.272 e. The first kappa shape index (κ1) is 19.4. The molecule has 1 aliphatic rings. The van der Waals surface area contributed by atoms with Gasteiger partial charge in [0.2, 0.25) is 0 Å². The second-order valence-corrected chi connectivity index (χ2v) is 7.74. The fraction of sp³-hybridized carbons (Fsp3) is 0.360. The van der Waals surface area contributed by atoms with E-state index in [2.05, 4.69) is 29.2 Å². The molecule has 1 aromatic heterocycles. The highest BCUT2D eigenvalue weighted by Gasteiger charge is 2.24. The molecular formula is C25H28N2O2. The Labute approximate surface area is 172 Å². The highest BCUT2D eigenvalue weighted by molar-refractivity contribution is 5.94. The molecule has 0 spiro atoms. The van der Waals surface area contributed by atoms with Gasteiger partial charge in [0.1, 0.15) is 11.4 Å². The number of ether oxygens (including phenoxy) is 1. The molecule has 29 heavy (non-hydrogen) atoms. The molecule has 1 amide bonds. The Morgan fingerprint density at radius 1 is 1.03 bits per heavy atom. The zero-order chi connectivity index (χ0) is 20.1. The van der Waals surface area contributed by atoms with Gasteiger partial charge in [0.15, 0.2) is 0 Å². The molecule has 1 saturated heterocycles. The van der Waals surface area contributed by atoms with Crippen LogP contribution in [0.15, 0.2) is 60.7 Å². The van der Waals surface area contributed by atoms with Gasteiger partial charge in [0.05, 0.1) is 12.1 Å². The summed E-state index contributed by atoms with van der Waals surface area (Å²) in [6.07, 6.45) is 4.38. The van der Waals surface area contributed by atoms with E-state index in [9.17, 15) is 4.79 Å². The number of hydrogen-bond acceptors (Lipinski definition) is 3. The fourth-order valence-electron chi connectivity index (χ4n) is 4.06. The third-order valence-electron chi connectivity index (χ3n) is 5.79. The van der Waals surface area contributed by atoms with Crippen molar-refractivity contribution in [3.05, 3.63) is 71.9 Å². The monoisotopic (exact) mass is 388 g/mol. The zero-order valence-electron chi connectivity index (χ0n) is 17.0. The minimum absolute atomic E-state index is 0.0562. The van der Waals surface area contributed by atoms with Gasteiger partial charge in [-0.2, -0.15) is 0 Å². The Kier molecular flexibility index (Phi) is 6.09. The van der Waals surface area contributed by atoms with E-state index in [1.54, 1.807) is 0 Å². The summed E-state index contributed by atoms with van der Waals surface area (Å²) in [5.41, 5.74) is 2.78. The highest BCUT2D eigenvalue weighted by Crippen LogP contribution is 2.24. The molecule has 0 unspecified atom stereocenters. The summed E-state index contributed by atoms with van der Waals surface area (Å²) >= 11 is 0. The van der Waals surface area contributed by atoms with Crippen LogP contribution in [0.4, 0.5) is 0 Å². The Balaban J connectivity index is 1.28. The minimum atomic E-state index is 0.0562. The van der Waals surface area contributed by atoms with E-state index in [1.165, 1.54) is 12.0 Å². The van der Waals surface area contributed by atoms with Crippen molar-refractivity contribution >= 4 is 16.8 Å². The van der Waals surface area contributed by atoms with Crippen LogP contribution in [0.25, 0.3) is 10.9 Å². The minimum Gasteiger partial charge on any atom is -0.494 e. The summed E-state index contributed by atoms with van der Waals surface area (Å²) in [4.78, 5) is 19.4. The number of rotatable bonds is 6. The van der Waals surface area contributed by atoms with Crippen LogP contribution in [0.3, 0.4) is 0 Å². The Bertz CT molecular complexity index is 960. The van der Waals surface area contributed by atoms with Crippen LogP contribution in [0, 0.1) is 5.92 Å². The number of carbonyl (C=O) groups is 1. The number of fused-ring (bicyclic) bond motifs is 1. The van der Waals surface area contributed by atoms with Crippen molar-refractivity contribution in [2.24, 2.45) is 5.92 Å². The molecule has 0 N–H and O–H groups in total. The SMILES string of the molecule is CCOc1ccc(CCC2CCN(C(=O)c3ccc4ccccc4n3)CC2)cc1. The Hall–Kier alpha value is -2.88. The number of pyridine rings is 1. The van der Waals surface area contributed by atoms with E-state index in [-0.39, 0.29) is 5.91 Å². The van der Waals surface area contributed by atoms with Gasteiger partial charge in [-0.3, -0.25) is 4.79 Å². The maximum atomic E-state index is 12.9. The lowest BCUT2D eigenvalue weighted by Gasteiger charge is -2.32. The first-order valence-corrected chi connectivity index (χ1v) is 10.6. The summed E-state index contributed by atoms with van der Waals surface area (Å²) in [6.45, 7) is 4.34. The molecule has 2 aromatic carbocycles. The lowest BCUT2D eigenvalue weighted by molar-refractivity contribution is 0.0681. The molecule has 4 rings (SSSR count). The average Bonchev–Trinajstić information content (AvgIpc) is 2.78. The van der Waals surface area contributed by atoms with Crippen molar-refractivity contribution in [1.82, 2.24) is 9.88 Å². The van der Waals surface area contributed by atoms with Gasteiger partial charge < -0.3 is 9.64 Å². The van der Waals surface area contributed by atoms with E-state index in [4.69, 9.17) is 4.74 Å². The van der Waals surface area contributed by atoms with Crippen LogP contribution in [0.5, 0.6) is 5.75 Å². The van der Waals surface area contributed by atoms with E-state index >= 15 is 0 Å². The van der Waals surface area contributed by atoms with Crippen LogP contribution >= 0.6 is 0 Å². The number of hydrogen-bond donors (Lipinski definition) is 0. The zero-order valence-corrected chi connectivity index (χ0v) is 17.0. The van der Waals surface area contributed by atoms with Crippen molar-refractivity contribution < 1.29 is 9.53 Å². The van der Waals surface area contributed by atoms with E-state index in [0.29, 0.717) is 18.2 Å². The van der Waals surface area contributed by atoms with Gasteiger partial charge in [-0.15, -0.1) is 0 Å². The van der Waals surface area contributed by atoms with E-state index in [0.717, 1.165) is 49.0 Å². The van der Waals surface area contributed by atoms with Gasteiger partial charge in [-0.1, -0.05) is 36.4 Å². The van der Waals surface area contributed by atoms with Gasteiger partial charge in [0.25, 0.3) is 5.91 Å². The van der Waals surface area contributed by atoms with Crippen molar-refractivity contribution in [2.75, 3.05) is 19.7 Å². The van der Waals surface area contributed by atoms with Crippen LogP contribution < -0.4 is 4.74 Å². The van der Waals surface area contributed by atoms with Crippen molar-refractivity contribution in [3.63, 3.8) is 0 Å². The van der Waals surface area contributed by atoms with Crippen LogP contribution in [-0.2, 0) is 6.42 Å². The molecule has 150 valence electrons. The molecular weight excluding hydrogens is 360 g/mol. The summed E-state index contributed by atoms with van der Waals surface area (Å²) in [7, 11) is 0. The van der Waals surface area contributed by atoms with Crippen LogP contribution in [0.2, 0.25) is 0 Å². The van der Waals surface area contributed by atoms with Crippen molar-refractivity contribution in [3.8, 4) is 5.75 Å².